The molecule has 0 amide bonds. The van der Waals surface area contributed by atoms with Crippen molar-refractivity contribution in [3.8, 4) is 11.5 Å². The van der Waals surface area contributed by atoms with Crippen molar-refractivity contribution in [2.75, 3.05) is 0 Å². The highest BCUT2D eigenvalue weighted by Gasteiger charge is 2.17. The van der Waals surface area contributed by atoms with Gasteiger partial charge in [0, 0.05) is 12.4 Å². The summed E-state index contributed by atoms with van der Waals surface area (Å²) in [5.74, 6) is 0.737. The van der Waals surface area contributed by atoms with Gasteiger partial charge in [-0.05, 0) is 5.56 Å². The van der Waals surface area contributed by atoms with E-state index in [0.717, 1.165) is 5.56 Å². The molecule has 94 valence electrons. The Labute approximate surface area is 109 Å². The lowest BCUT2D eigenvalue weighted by atomic mass is 10.1. The molecule has 0 aliphatic heterocycles. The predicted molar refractivity (Wildman–Crippen MR) is 67.8 cm³/mol. The van der Waals surface area contributed by atoms with Gasteiger partial charge in [0.2, 0.25) is 11.7 Å². The molecule has 0 saturated heterocycles. The summed E-state index contributed by atoms with van der Waals surface area (Å²) in [6.07, 6.45) is 4.73. The van der Waals surface area contributed by atoms with Crippen LogP contribution < -0.4 is 5.73 Å². The zero-order chi connectivity index (χ0) is 13.1. The fourth-order valence-electron chi connectivity index (χ4n) is 1.68. The van der Waals surface area contributed by atoms with Crippen LogP contribution in [0.5, 0.6) is 0 Å². The first-order chi connectivity index (χ1) is 9.34. The molecule has 2 aromatic heterocycles. The van der Waals surface area contributed by atoms with Crippen LogP contribution in [0.3, 0.4) is 0 Å². The van der Waals surface area contributed by atoms with Gasteiger partial charge in [0.05, 0.1) is 6.20 Å². The normalized spacial score (nSPS) is 12.3. The summed E-state index contributed by atoms with van der Waals surface area (Å²) in [5.41, 5.74) is 7.54. The molecule has 0 fully saturated rings. The first-order valence-corrected chi connectivity index (χ1v) is 5.75. The Hall–Kier alpha value is -2.60. The quantitative estimate of drug-likeness (QED) is 0.762. The van der Waals surface area contributed by atoms with Crippen LogP contribution >= 0.6 is 0 Å². The number of nitrogens with two attached hydrogens (primary N) is 1. The highest BCUT2D eigenvalue weighted by atomic mass is 16.5. The van der Waals surface area contributed by atoms with Crippen LogP contribution in [-0.4, -0.2) is 20.1 Å². The van der Waals surface area contributed by atoms with Crippen molar-refractivity contribution in [3.63, 3.8) is 0 Å². The van der Waals surface area contributed by atoms with Crippen molar-refractivity contribution in [2.45, 2.75) is 6.04 Å². The third-order valence-corrected chi connectivity index (χ3v) is 2.66. The summed E-state index contributed by atoms with van der Waals surface area (Å²) >= 11 is 0. The summed E-state index contributed by atoms with van der Waals surface area (Å²) < 4.78 is 5.18. The third kappa shape index (κ3) is 2.34. The number of rotatable bonds is 3. The van der Waals surface area contributed by atoms with Gasteiger partial charge in [-0.15, -0.1) is 0 Å². The maximum absolute atomic E-state index is 6.08. The van der Waals surface area contributed by atoms with Gasteiger partial charge in [0.25, 0.3) is 0 Å². The fourth-order valence-corrected chi connectivity index (χ4v) is 1.68. The van der Waals surface area contributed by atoms with E-state index < -0.39 is 6.04 Å². The second-order valence-electron chi connectivity index (χ2n) is 3.94. The van der Waals surface area contributed by atoms with Gasteiger partial charge < -0.3 is 10.3 Å². The van der Waals surface area contributed by atoms with Gasteiger partial charge in [-0.1, -0.05) is 35.5 Å². The number of aromatic nitrogens is 4. The molecule has 0 radical (unpaired) electrons. The van der Waals surface area contributed by atoms with Crippen molar-refractivity contribution in [3.05, 3.63) is 60.4 Å². The molecule has 1 aromatic carbocycles. The summed E-state index contributed by atoms with van der Waals surface area (Å²) in [7, 11) is 0. The highest BCUT2D eigenvalue weighted by molar-refractivity contribution is 5.45. The van der Waals surface area contributed by atoms with Gasteiger partial charge in [0.1, 0.15) is 11.7 Å². The average molecular weight is 253 g/mol. The largest absolute Gasteiger partial charge is 0.337 e. The average Bonchev–Trinajstić information content (AvgIpc) is 2.98. The molecule has 0 spiro atoms. The zero-order valence-corrected chi connectivity index (χ0v) is 9.97. The Bertz CT molecular complexity index is 653. The highest BCUT2D eigenvalue weighted by Crippen LogP contribution is 2.20. The van der Waals surface area contributed by atoms with Crippen LogP contribution in [0.1, 0.15) is 17.5 Å². The van der Waals surface area contributed by atoms with Crippen molar-refractivity contribution in [1.82, 2.24) is 20.1 Å². The van der Waals surface area contributed by atoms with Gasteiger partial charge in [-0.3, -0.25) is 4.98 Å². The van der Waals surface area contributed by atoms with Crippen molar-refractivity contribution in [2.24, 2.45) is 5.73 Å². The number of nitrogens with zero attached hydrogens (tertiary/aromatic N) is 4. The van der Waals surface area contributed by atoms with Crippen LogP contribution in [-0.2, 0) is 0 Å². The zero-order valence-electron chi connectivity index (χ0n) is 9.97. The molecular formula is C13H11N5O. The molecule has 1 atom stereocenters. The first-order valence-electron chi connectivity index (χ1n) is 5.75. The predicted octanol–water partition coefficient (Wildman–Crippen LogP) is 1.57. The summed E-state index contributed by atoms with van der Waals surface area (Å²) in [6, 6.07) is 9.13. The van der Waals surface area contributed by atoms with E-state index in [-0.39, 0.29) is 0 Å². The lowest BCUT2D eigenvalue weighted by Crippen LogP contribution is -2.12. The molecule has 19 heavy (non-hydrogen) atoms. The molecule has 0 aliphatic rings. The van der Waals surface area contributed by atoms with E-state index in [4.69, 9.17) is 10.3 Å². The minimum absolute atomic E-state index is 0.354. The number of hydrogen-bond acceptors (Lipinski definition) is 6. The lowest BCUT2D eigenvalue weighted by Gasteiger charge is -2.05. The maximum atomic E-state index is 6.08. The first kappa shape index (κ1) is 11.5. The maximum Gasteiger partial charge on any atom is 0.248 e. The van der Waals surface area contributed by atoms with Crippen LogP contribution in [0.2, 0.25) is 0 Å². The van der Waals surface area contributed by atoms with Crippen LogP contribution in [0, 0.1) is 0 Å². The van der Waals surface area contributed by atoms with Crippen molar-refractivity contribution in [1.29, 1.82) is 0 Å². The molecule has 3 rings (SSSR count). The second-order valence-corrected chi connectivity index (χ2v) is 3.94. The molecule has 0 unspecified atom stereocenters. The smallest absolute Gasteiger partial charge is 0.248 e. The Kier molecular flexibility index (Phi) is 2.99. The molecule has 2 heterocycles. The van der Waals surface area contributed by atoms with E-state index in [1.807, 2.05) is 30.3 Å². The van der Waals surface area contributed by atoms with Gasteiger partial charge >= 0.3 is 0 Å². The van der Waals surface area contributed by atoms with Crippen LogP contribution in [0.25, 0.3) is 11.5 Å². The molecule has 2 N–H and O–H groups in total. The molecule has 6 heteroatoms. The molecular weight excluding hydrogens is 242 g/mol. The topological polar surface area (TPSA) is 90.7 Å². The van der Waals surface area contributed by atoms with Gasteiger partial charge in [-0.25, -0.2) is 4.98 Å². The van der Waals surface area contributed by atoms with Crippen LogP contribution in [0.4, 0.5) is 0 Å². The van der Waals surface area contributed by atoms with E-state index in [9.17, 15) is 0 Å². The third-order valence-electron chi connectivity index (χ3n) is 2.66. The van der Waals surface area contributed by atoms with Gasteiger partial charge in [0.15, 0.2) is 0 Å². The van der Waals surface area contributed by atoms with E-state index in [2.05, 4.69) is 20.1 Å². The SMILES string of the molecule is N[C@H](c1ccccc1)c1nc(-c2cnccn2)no1. The Morgan fingerprint density at radius 3 is 2.68 bits per heavy atom. The van der Waals surface area contributed by atoms with Crippen molar-refractivity contribution >= 4 is 0 Å². The summed E-state index contributed by atoms with van der Waals surface area (Å²) in [4.78, 5) is 12.3. The lowest BCUT2D eigenvalue weighted by molar-refractivity contribution is 0.367. The second kappa shape index (κ2) is 4.95. The monoisotopic (exact) mass is 253 g/mol. The standard InChI is InChI=1S/C13H11N5O/c14-11(9-4-2-1-3-5-9)13-17-12(18-19-13)10-8-15-6-7-16-10/h1-8,11H,14H2/t11-/m1/s1. The molecule has 3 aromatic rings. The minimum Gasteiger partial charge on any atom is -0.337 e. The Morgan fingerprint density at radius 1 is 1.11 bits per heavy atom. The van der Waals surface area contributed by atoms with Crippen LogP contribution in [0.15, 0.2) is 53.4 Å². The molecule has 0 bridgehead atoms. The van der Waals surface area contributed by atoms with E-state index in [1.54, 1.807) is 18.6 Å². The van der Waals surface area contributed by atoms with Crippen molar-refractivity contribution < 1.29 is 4.52 Å². The fraction of sp³-hybridized carbons (Fsp3) is 0.0769. The molecule has 6 nitrogen and oxygen atoms in total. The van der Waals surface area contributed by atoms with Gasteiger partial charge in [-0.2, -0.15) is 4.98 Å². The minimum atomic E-state index is -0.445. The summed E-state index contributed by atoms with van der Waals surface area (Å²) in [6.45, 7) is 0. The number of hydrogen-bond donors (Lipinski definition) is 1. The summed E-state index contributed by atoms with van der Waals surface area (Å²) in [5, 5.41) is 3.86. The Balaban J connectivity index is 1.90. The van der Waals surface area contributed by atoms with E-state index in [1.165, 1.54) is 0 Å². The number of benzene rings is 1. The van der Waals surface area contributed by atoms with E-state index >= 15 is 0 Å². The Morgan fingerprint density at radius 2 is 1.95 bits per heavy atom. The van der Waals surface area contributed by atoms with E-state index in [0.29, 0.717) is 17.4 Å². The molecule has 0 saturated carbocycles. The molecule has 0 aliphatic carbocycles.